The van der Waals surface area contributed by atoms with Gasteiger partial charge < -0.3 is 9.66 Å². The average molecular weight is 515 g/mol. The van der Waals surface area contributed by atoms with Gasteiger partial charge in [-0.1, -0.05) is 62.8 Å². The molecular weight excluding hydrogens is 471 g/mol. The summed E-state index contributed by atoms with van der Waals surface area (Å²) in [5, 5.41) is 10.3. The fourth-order valence-electron chi connectivity index (χ4n) is 6.48. The van der Waals surface area contributed by atoms with E-state index in [0.29, 0.717) is 37.0 Å². The van der Waals surface area contributed by atoms with Gasteiger partial charge in [0.1, 0.15) is 0 Å². The summed E-state index contributed by atoms with van der Waals surface area (Å²) in [5.41, 5.74) is 3.03. The molecule has 0 aliphatic heterocycles. The Hall–Kier alpha value is -0.210. The molecule has 6 atom stereocenters. The molecule has 3 aliphatic carbocycles. The number of hydrogen-bond acceptors (Lipinski definition) is 5. The molecule has 192 valence electrons. The summed E-state index contributed by atoms with van der Waals surface area (Å²) in [7, 11) is -4.69. The minimum Gasteiger partial charge on any atom is -0.726 e. The van der Waals surface area contributed by atoms with Crippen LogP contribution in [0.4, 0.5) is 0 Å². The van der Waals surface area contributed by atoms with Crippen LogP contribution < -0.4 is 29.6 Å². The maximum Gasteiger partial charge on any atom is 1.00 e. The van der Waals surface area contributed by atoms with Crippen LogP contribution in [0.3, 0.4) is 0 Å². The van der Waals surface area contributed by atoms with E-state index in [1.54, 1.807) is 0 Å². The molecule has 0 radical (unpaired) electrons. The first-order valence-electron chi connectivity index (χ1n) is 12.8. The molecule has 0 unspecified atom stereocenters. The third-order valence-electron chi connectivity index (χ3n) is 8.91. The molecule has 0 aromatic rings. The molecule has 0 aromatic heterocycles. The van der Waals surface area contributed by atoms with E-state index in [4.69, 9.17) is 4.18 Å². The number of aliphatic hydroxyl groups is 1. The Balaban J connectivity index is 0.00000432. The van der Waals surface area contributed by atoms with Crippen molar-refractivity contribution in [2.24, 2.45) is 29.1 Å². The molecule has 0 amide bonds. The fraction of sp³-hybridized carbons (Fsp3) is 0.714. The van der Waals surface area contributed by atoms with Crippen LogP contribution in [0, 0.1) is 29.1 Å². The molecule has 3 saturated carbocycles. The summed E-state index contributed by atoms with van der Waals surface area (Å²) in [4.78, 5) is 0. The second-order valence-electron chi connectivity index (χ2n) is 11.7. The Morgan fingerprint density at radius 2 is 1.86 bits per heavy atom. The standard InChI is InChI=1S/C28H44O5S.Na/c1-19-10-14-24(33-34(30,31)32)18-23(19)13-12-22-8-7-17-28(6)25(15-16-26(22)28)20(2)9-11-21(3)27(4,5)29;/h9,11-13,20-21,24-26,29H,1,7-8,10,14-18H2,2-6H3,(H,30,31,32);/q;+1/p-1/b11-9+,22-12+,23-13?;/t20-,21+,24+,25-,26+,28-;/m1./s1. The summed E-state index contributed by atoms with van der Waals surface area (Å²) in [6.07, 6.45) is 15.7. The van der Waals surface area contributed by atoms with E-state index in [0.717, 1.165) is 17.6 Å². The first-order chi connectivity index (χ1) is 15.7. The smallest absolute Gasteiger partial charge is 0.726 e. The van der Waals surface area contributed by atoms with Crippen LogP contribution in [-0.2, 0) is 14.6 Å². The Kier molecular flexibility index (Phi) is 10.7. The molecule has 3 fully saturated rings. The van der Waals surface area contributed by atoms with Crippen molar-refractivity contribution in [1.29, 1.82) is 0 Å². The minimum absolute atomic E-state index is 0. The van der Waals surface area contributed by atoms with Crippen molar-refractivity contribution in [3.63, 3.8) is 0 Å². The molecule has 3 aliphatic rings. The number of rotatable bonds is 7. The van der Waals surface area contributed by atoms with Crippen molar-refractivity contribution in [2.45, 2.75) is 97.7 Å². The molecule has 35 heavy (non-hydrogen) atoms. The van der Waals surface area contributed by atoms with E-state index < -0.39 is 22.1 Å². The molecule has 7 heteroatoms. The molecule has 0 bridgehead atoms. The van der Waals surface area contributed by atoms with Crippen molar-refractivity contribution in [2.75, 3.05) is 0 Å². The average Bonchev–Trinajstić information content (AvgIpc) is 3.08. The van der Waals surface area contributed by atoms with Crippen molar-refractivity contribution in [1.82, 2.24) is 0 Å². The van der Waals surface area contributed by atoms with Gasteiger partial charge in [0, 0.05) is 12.3 Å². The second kappa shape index (κ2) is 12.1. The van der Waals surface area contributed by atoms with Gasteiger partial charge in [-0.3, -0.25) is 4.18 Å². The van der Waals surface area contributed by atoms with Crippen LogP contribution in [0.5, 0.6) is 0 Å². The SMILES string of the molecule is C=C1CC[C@H](OS(=O)(=O)[O-])CC1=C/C=C1\CCC[C@]2(C)[C@@H]([C@H](C)/C=C/[C@H](C)C(C)(C)O)CC[C@@H]12.[Na+]. The third kappa shape index (κ3) is 7.89. The quantitative estimate of drug-likeness (QED) is 0.244. The van der Waals surface area contributed by atoms with Gasteiger partial charge in [-0.2, -0.15) is 0 Å². The van der Waals surface area contributed by atoms with Crippen molar-refractivity contribution in [3.8, 4) is 0 Å². The topological polar surface area (TPSA) is 86.7 Å². The summed E-state index contributed by atoms with van der Waals surface area (Å²) < 4.78 is 37.8. The summed E-state index contributed by atoms with van der Waals surface area (Å²) in [6.45, 7) is 14.7. The first-order valence-corrected chi connectivity index (χ1v) is 14.2. The molecule has 0 aromatic carbocycles. The van der Waals surface area contributed by atoms with Gasteiger partial charge in [0.15, 0.2) is 0 Å². The zero-order chi connectivity index (χ0) is 25.3. The van der Waals surface area contributed by atoms with Gasteiger partial charge in [0.2, 0.25) is 10.4 Å². The van der Waals surface area contributed by atoms with E-state index >= 15 is 0 Å². The summed E-state index contributed by atoms with van der Waals surface area (Å²) >= 11 is 0. The van der Waals surface area contributed by atoms with Crippen LogP contribution >= 0.6 is 0 Å². The van der Waals surface area contributed by atoms with E-state index in [-0.39, 0.29) is 40.9 Å². The fourth-order valence-corrected chi connectivity index (χ4v) is 6.98. The van der Waals surface area contributed by atoms with Crippen LogP contribution in [-0.4, -0.2) is 29.8 Å². The van der Waals surface area contributed by atoms with Gasteiger partial charge in [-0.25, -0.2) is 8.42 Å². The van der Waals surface area contributed by atoms with Crippen molar-refractivity contribution in [3.05, 3.63) is 47.6 Å². The number of fused-ring (bicyclic) bond motifs is 1. The molecule has 3 rings (SSSR count). The Labute approximate surface area is 235 Å². The van der Waals surface area contributed by atoms with E-state index in [9.17, 15) is 18.1 Å². The second-order valence-corrected chi connectivity index (χ2v) is 12.7. The Morgan fingerprint density at radius 3 is 2.49 bits per heavy atom. The van der Waals surface area contributed by atoms with Gasteiger partial charge in [-0.05, 0) is 87.5 Å². The molecule has 0 saturated heterocycles. The Bertz CT molecular complexity index is 958. The van der Waals surface area contributed by atoms with Crippen LogP contribution in [0.1, 0.15) is 86.0 Å². The number of hydrogen-bond donors (Lipinski definition) is 1. The molecule has 5 nitrogen and oxygen atoms in total. The maximum atomic E-state index is 11.0. The van der Waals surface area contributed by atoms with Crippen molar-refractivity contribution >= 4 is 10.4 Å². The van der Waals surface area contributed by atoms with Crippen LogP contribution in [0.25, 0.3) is 0 Å². The van der Waals surface area contributed by atoms with E-state index in [1.807, 2.05) is 13.8 Å². The van der Waals surface area contributed by atoms with Crippen LogP contribution in [0.15, 0.2) is 47.6 Å². The minimum atomic E-state index is -4.69. The summed E-state index contributed by atoms with van der Waals surface area (Å²) in [5.74, 6) is 1.74. The van der Waals surface area contributed by atoms with Crippen LogP contribution in [0.2, 0.25) is 0 Å². The van der Waals surface area contributed by atoms with Gasteiger partial charge >= 0.3 is 29.6 Å². The third-order valence-corrected chi connectivity index (χ3v) is 9.42. The zero-order valence-corrected chi connectivity index (χ0v) is 25.4. The zero-order valence-electron chi connectivity index (χ0n) is 22.5. The van der Waals surface area contributed by atoms with Gasteiger partial charge in [0.05, 0.1) is 11.7 Å². The largest absolute Gasteiger partial charge is 1.00 e. The molecular formula is C28H43NaO5S. The molecule has 0 spiro atoms. The molecule has 1 N–H and O–H groups in total. The summed E-state index contributed by atoms with van der Waals surface area (Å²) in [6, 6.07) is 0. The first kappa shape index (κ1) is 31.0. The van der Waals surface area contributed by atoms with E-state index in [2.05, 4.69) is 51.7 Å². The molecule has 0 heterocycles. The van der Waals surface area contributed by atoms with Gasteiger partial charge in [0.25, 0.3) is 0 Å². The van der Waals surface area contributed by atoms with Gasteiger partial charge in [-0.15, -0.1) is 0 Å². The monoisotopic (exact) mass is 514 g/mol. The Morgan fingerprint density at radius 1 is 1.17 bits per heavy atom. The maximum absolute atomic E-state index is 11.0. The van der Waals surface area contributed by atoms with E-state index in [1.165, 1.54) is 31.3 Å². The van der Waals surface area contributed by atoms with Crippen molar-refractivity contribution < 1.29 is 51.8 Å². The predicted molar refractivity (Wildman–Crippen MR) is 136 cm³/mol. The predicted octanol–water partition coefficient (Wildman–Crippen LogP) is 3.24. The normalized spacial score (nSPS) is 34.1. The number of allylic oxidation sites excluding steroid dienone is 5.